The third kappa shape index (κ3) is 11.2. The van der Waals surface area contributed by atoms with Gasteiger partial charge in [-0.2, -0.15) is 0 Å². The predicted molar refractivity (Wildman–Crippen MR) is 67.6 cm³/mol. The fourth-order valence-electron chi connectivity index (χ4n) is 0.760. The van der Waals surface area contributed by atoms with Gasteiger partial charge in [0.15, 0.2) is 0 Å². The lowest BCUT2D eigenvalue weighted by molar-refractivity contribution is -0.148. The summed E-state index contributed by atoms with van der Waals surface area (Å²) in [6, 6.07) is 0. The lowest BCUT2D eigenvalue weighted by atomic mass is 10.1. The van der Waals surface area contributed by atoms with Crippen LogP contribution in [-0.4, -0.2) is 25.2 Å². The van der Waals surface area contributed by atoms with E-state index in [1.54, 1.807) is 6.92 Å². The van der Waals surface area contributed by atoms with Crippen LogP contribution in [0.3, 0.4) is 0 Å². The Morgan fingerprint density at radius 2 is 1.29 bits per heavy atom. The van der Waals surface area contributed by atoms with Gasteiger partial charge in [-0.05, 0) is 20.3 Å². The molecule has 0 rings (SSSR count). The number of hydrogen-bond donors (Lipinski definition) is 0. The zero-order valence-corrected chi connectivity index (χ0v) is 11.9. The third-order valence-corrected chi connectivity index (χ3v) is 2.06. The van der Waals surface area contributed by atoms with Crippen LogP contribution in [0.2, 0.25) is 0 Å². The number of rotatable bonds is 5. The van der Waals surface area contributed by atoms with Crippen molar-refractivity contribution in [3.63, 3.8) is 0 Å². The van der Waals surface area contributed by atoms with Gasteiger partial charge in [-0.25, -0.2) is 0 Å². The maximum Gasteiger partial charge on any atom is 0.308 e. The summed E-state index contributed by atoms with van der Waals surface area (Å²) in [5.74, 6) is -0.132. The van der Waals surface area contributed by atoms with E-state index in [2.05, 4.69) is 4.74 Å². The first-order valence-electron chi connectivity index (χ1n) is 6.23. The summed E-state index contributed by atoms with van der Waals surface area (Å²) in [6.45, 7) is 12.1. The van der Waals surface area contributed by atoms with Crippen molar-refractivity contribution >= 4 is 11.9 Å². The van der Waals surface area contributed by atoms with Crippen molar-refractivity contribution in [1.29, 1.82) is 0 Å². The minimum atomic E-state index is -0.118. The summed E-state index contributed by atoms with van der Waals surface area (Å²) in [6.07, 6.45) is 0.860. The number of hydrogen-bond acceptors (Lipinski definition) is 4. The molecule has 17 heavy (non-hydrogen) atoms. The van der Waals surface area contributed by atoms with Crippen LogP contribution in [0.5, 0.6) is 0 Å². The fourth-order valence-corrected chi connectivity index (χ4v) is 0.760. The van der Waals surface area contributed by atoms with E-state index >= 15 is 0 Å². The first-order chi connectivity index (χ1) is 7.90. The molecule has 0 aromatic heterocycles. The molecule has 1 unspecified atom stereocenters. The maximum atomic E-state index is 10.8. The van der Waals surface area contributed by atoms with Crippen molar-refractivity contribution in [2.24, 2.45) is 11.8 Å². The van der Waals surface area contributed by atoms with Crippen LogP contribution in [0.4, 0.5) is 0 Å². The summed E-state index contributed by atoms with van der Waals surface area (Å²) in [4.78, 5) is 21.3. The number of ether oxygens (including phenoxy) is 2. The van der Waals surface area contributed by atoms with Crippen LogP contribution in [-0.2, 0) is 19.1 Å². The van der Waals surface area contributed by atoms with E-state index in [4.69, 9.17) is 4.74 Å². The average Bonchev–Trinajstić information content (AvgIpc) is 2.29. The molecule has 0 heterocycles. The lowest BCUT2D eigenvalue weighted by Gasteiger charge is -2.05. The van der Waals surface area contributed by atoms with Crippen LogP contribution < -0.4 is 0 Å². The molecule has 1 atom stereocenters. The molecule has 0 radical (unpaired) electrons. The Labute approximate surface area is 105 Å². The first kappa shape index (κ1) is 18.3. The quantitative estimate of drug-likeness (QED) is 0.700. The number of carbonyl (C=O) groups excluding carboxylic acids is 2. The van der Waals surface area contributed by atoms with Gasteiger partial charge in [0, 0.05) is 0 Å². The Hall–Kier alpha value is -1.06. The maximum absolute atomic E-state index is 10.8. The van der Waals surface area contributed by atoms with Crippen molar-refractivity contribution in [2.75, 3.05) is 13.2 Å². The van der Waals surface area contributed by atoms with E-state index in [-0.39, 0.29) is 23.8 Å². The summed E-state index contributed by atoms with van der Waals surface area (Å²) in [5, 5.41) is 0. The van der Waals surface area contributed by atoms with Gasteiger partial charge < -0.3 is 9.47 Å². The minimum absolute atomic E-state index is 0.00921. The molecule has 0 saturated carbocycles. The Morgan fingerprint density at radius 1 is 0.882 bits per heavy atom. The Morgan fingerprint density at radius 3 is 1.53 bits per heavy atom. The van der Waals surface area contributed by atoms with Crippen molar-refractivity contribution < 1.29 is 19.1 Å². The Balaban J connectivity index is 0. The SMILES string of the molecule is CCOC(=O)C(C)C.CCOC(=O)C(C)CC. The topological polar surface area (TPSA) is 52.6 Å². The second-order valence-electron chi connectivity index (χ2n) is 3.97. The van der Waals surface area contributed by atoms with Gasteiger partial charge in [-0.1, -0.05) is 27.7 Å². The lowest BCUT2D eigenvalue weighted by Crippen LogP contribution is -2.13. The van der Waals surface area contributed by atoms with Crippen LogP contribution in [0.1, 0.15) is 48.0 Å². The van der Waals surface area contributed by atoms with Crippen molar-refractivity contribution in [2.45, 2.75) is 48.0 Å². The van der Waals surface area contributed by atoms with Gasteiger partial charge in [0.2, 0.25) is 0 Å². The van der Waals surface area contributed by atoms with Crippen LogP contribution in [0.25, 0.3) is 0 Å². The highest BCUT2D eigenvalue weighted by molar-refractivity contribution is 5.71. The molecule has 0 spiro atoms. The summed E-state index contributed by atoms with van der Waals surface area (Å²) >= 11 is 0. The van der Waals surface area contributed by atoms with E-state index in [1.165, 1.54) is 0 Å². The Bertz CT molecular complexity index is 211. The highest BCUT2D eigenvalue weighted by atomic mass is 16.5. The van der Waals surface area contributed by atoms with Crippen molar-refractivity contribution in [3.8, 4) is 0 Å². The molecule has 0 aromatic carbocycles. The normalized spacial score (nSPS) is 11.2. The van der Waals surface area contributed by atoms with Gasteiger partial charge >= 0.3 is 11.9 Å². The molecule has 0 aliphatic rings. The van der Waals surface area contributed by atoms with E-state index in [0.717, 1.165) is 6.42 Å². The molecule has 0 aliphatic carbocycles. The molecular formula is C13H26O4. The molecule has 0 aliphatic heterocycles. The van der Waals surface area contributed by atoms with Gasteiger partial charge in [-0.3, -0.25) is 9.59 Å². The van der Waals surface area contributed by atoms with Gasteiger partial charge in [0.1, 0.15) is 0 Å². The minimum Gasteiger partial charge on any atom is -0.466 e. The van der Waals surface area contributed by atoms with Crippen LogP contribution in [0, 0.1) is 11.8 Å². The molecule has 0 fully saturated rings. The molecule has 0 saturated heterocycles. The zero-order valence-electron chi connectivity index (χ0n) is 11.9. The predicted octanol–water partition coefficient (Wildman–Crippen LogP) is 2.80. The summed E-state index contributed by atoms with van der Waals surface area (Å²) in [5.41, 5.74) is 0. The molecule has 0 bridgehead atoms. The van der Waals surface area contributed by atoms with E-state index in [1.807, 2.05) is 34.6 Å². The van der Waals surface area contributed by atoms with Gasteiger partial charge in [0.25, 0.3) is 0 Å². The Kier molecular flexibility index (Phi) is 12.3. The third-order valence-electron chi connectivity index (χ3n) is 2.06. The highest BCUT2D eigenvalue weighted by Crippen LogP contribution is 2.02. The molecule has 4 heteroatoms. The standard InChI is InChI=1S/C7H14O2.C6H12O2/c1-4-6(3)7(8)9-5-2;1-4-8-6(7)5(2)3/h6H,4-5H2,1-3H3;5H,4H2,1-3H3. The zero-order chi connectivity index (χ0) is 13.8. The molecule has 0 amide bonds. The molecule has 102 valence electrons. The summed E-state index contributed by atoms with van der Waals surface area (Å²) in [7, 11) is 0. The molecule has 4 nitrogen and oxygen atoms in total. The number of carbonyl (C=O) groups is 2. The van der Waals surface area contributed by atoms with E-state index < -0.39 is 0 Å². The van der Waals surface area contributed by atoms with Crippen molar-refractivity contribution in [1.82, 2.24) is 0 Å². The molecule has 0 N–H and O–H groups in total. The highest BCUT2D eigenvalue weighted by Gasteiger charge is 2.09. The molecule has 0 aromatic rings. The summed E-state index contributed by atoms with van der Waals surface area (Å²) < 4.78 is 9.42. The van der Waals surface area contributed by atoms with Gasteiger partial charge in [0.05, 0.1) is 25.0 Å². The van der Waals surface area contributed by atoms with Gasteiger partial charge in [-0.15, -0.1) is 0 Å². The fraction of sp³-hybridized carbons (Fsp3) is 0.846. The molecular weight excluding hydrogens is 220 g/mol. The van der Waals surface area contributed by atoms with Crippen LogP contribution in [0.15, 0.2) is 0 Å². The largest absolute Gasteiger partial charge is 0.466 e. The first-order valence-corrected chi connectivity index (χ1v) is 6.23. The second-order valence-corrected chi connectivity index (χ2v) is 3.97. The average molecular weight is 246 g/mol. The number of esters is 2. The monoisotopic (exact) mass is 246 g/mol. The van der Waals surface area contributed by atoms with E-state index in [9.17, 15) is 9.59 Å². The van der Waals surface area contributed by atoms with E-state index in [0.29, 0.717) is 13.2 Å². The second kappa shape index (κ2) is 11.4. The smallest absolute Gasteiger partial charge is 0.308 e. The van der Waals surface area contributed by atoms with Crippen LogP contribution >= 0.6 is 0 Å². The van der Waals surface area contributed by atoms with Crippen molar-refractivity contribution in [3.05, 3.63) is 0 Å².